The zero-order chi connectivity index (χ0) is 14.0. The number of thiocarbonyl (C=S) groups is 1. The normalized spacial score (nSPS) is 18.3. The lowest BCUT2D eigenvalue weighted by Gasteiger charge is -2.27. The number of nitriles is 1. The number of nitrogens with zero attached hydrogens (tertiary/aromatic N) is 2. The second kappa shape index (κ2) is 4.91. The van der Waals surface area contributed by atoms with Crippen molar-refractivity contribution in [1.29, 1.82) is 5.26 Å². The summed E-state index contributed by atoms with van der Waals surface area (Å²) in [5, 5.41) is 25.6. The van der Waals surface area contributed by atoms with E-state index in [1.165, 1.54) is 12.1 Å². The van der Waals surface area contributed by atoms with Crippen LogP contribution in [0.3, 0.4) is 0 Å². The van der Waals surface area contributed by atoms with Gasteiger partial charge in [0.05, 0.1) is 16.5 Å². The van der Waals surface area contributed by atoms with Gasteiger partial charge in [-0.3, -0.25) is 10.1 Å². The Hall–Kier alpha value is -2.66. The first-order chi connectivity index (χ1) is 9.02. The van der Waals surface area contributed by atoms with Crippen LogP contribution < -0.4 is 16.4 Å². The van der Waals surface area contributed by atoms with E-state index < -0.39 is 11.0 Å². The van der Waals surface area contributed by atoms with Gasteiger partial charge in [-0.1, -0.05) is 0 Å². The number of nitro groups is 1. The number of nitrogens with two attached hydrogens (primary N) is 1. The van der Waals surface area contributed by atoms with E-state index in [1.54, 1.807) is 12.1 Å². The molecular weight excluding hydrogens is 266 g/mol. The van der Waals surface area contributed by atoms with Gasteiger partial charge in [0.2, 0.25) is 0 Å². The summed E-state index contributed by atoms with van der Waals surface area (Å²) in [6.45, 7) is 0. The molecule has 1 aliphatic rings. The molecule has 2 rings (SSSR count). The maximum atomic E-state index is 10.6. The summed E-state index contributed by atoms with van der Waals surface area (Å²) in [5.74, 6) is 0.189. The summed E-state index contributed by atoms with van der Waals surface area (Å²) < 4.78 is 0. The van der Waals surface area contributed by atoms with Crippen molar-refractivity contribution in [2.24, 2.45) is 5.73 Å². The summed E-state index contributed by atoms with van der Waals surface area (Å²) in [6.07, 6.45) is 0. The molecule has 0 spiro atoms. The zero-order valence-electron chi connectivity index (χ0n) is 9.58. The molecule has 0 bridgehead atoms. The molecule has 0 amide bonds. The van der Waals surface area contributed by atoms with Crippen LogP contribution in [0.15, 0.2) is 35.7 Å². The highest BCUT2D eigenvalue weighted by Crippen LogP contribution is 2.26. The molecule has 0 saturated heterocycles. The number of non-ortho nitro benzene ring substituents is 1. The van der Waals surface area contributed by atoms with Crippen molar-refractivity contribution in [2.75, 3.05) is 0 Å². The van der Waals surface area contributed by atoms with Crippen LogP contribution in [-0.2, 0) is 0 Å². The van der Waals surface area contributed by atoms with E-state index in [1.807, 2.05) is 6.07 Å². The van der Waals surface area contributed by atoms with Gasteiger partial charge in [-0.15, -0.1) is 0 Å². The topological polar surface area (TPSA) is 117 Å². The van der Waals surface area contributed by atoms with E-state index in [0.717, 1.165) is 0 Å². The Morgan fingerprint density at radius 2 is 2.05 bits per heavy atom. The first-order valence-corrected chi connectivity index (χ1v) is 5.65. The van der Waals surface area contributed by atoms with Crippen molar-refractivity contribution in [3.8, 4) is 6.07 Å². The van der Waals surface area contributed by atoms with Crippen molar-refractivity contribution in [1.82, 2.24) is 10.6 Å². The quantitative estimate of drug-likeness (QED) is 0.415. The van der Waals surface area contributed by atoms with Gasteiger partial charge in [0.1, 0.15) is 11.9 Å². The van der Waals surface area contributed by atoms with E-state index in [9.17, 15) is 10.1 Å². The highest BCUT2D eigenvalue weighted by molar-refractivity contribution is 7.80. The van der Waals surface area contributed by atoms with E-state index in [-0.39, 0.29) is 11.5 Å². The fraction of sp³-hybridized carbons (Fsp3) is 0.0909. The third-order valence-corrected chi connectivity index (χ3v) is 2.88. The fourth-order valence-corrected chi connectivity index (χ4v) is 1.98. The monoisotopic (exact) mass is 275 g/mol. The Kier molecular flexibility index (Phi) is 3.31. The molecule has 0 aliphatic carbocycles. The summed E-state index contributed by atoms with van der Waals surface area (Å²) in [5.41, 5.74) is 6.65. The average Bonchev–Trinajstić information content (AvgIpc) is 2.38. The Bertz CT molecular complexity index is 617. The molecule has 1 aromatic rings. The van der Waals surface area contributed by atoms with Gasteiger partial charge in [0.25, 0.3) is 5.69 Å². The lowest BCUT2D eigenvalue weighted by atomic mass is 9.98. The Morgan fingerprint density at radius 3 is 2.58 bits per heavy atom. The van der Waals surface area contributed by atoms with Gasteiger partial charge in [-0.05, 0) is 29.9 Å². The molecule has 0 radical (unpaired) electrons. The molecule has 8 heteroatoms. The smallest absolute Gasteiger partial charge is 0.269 e. The Labute approximate surface area is 113 Å². The van der Waals surface area contributed by atoms with Gasteiger partial charge in [0, 0.05) is 12.1 Å². The zero-order valence-corrected chi connectivity index (χ0v) is 10.4. The molecule has 1 aromatic carbocycles. The summed E-state index contributed by atoms with van der Waals surface area (Å²) in [7, 11) is 0. The minimum absolute atomic E-state index is 0.0179. The van der Waals surface area contributed by atoms with Crippen LogP contribution in [0, 0.1) is 21.4 Å². The predicted octanol–water partition coefficient (Wildman–Crippen LogP) is 0.807. The van der Waals surface area contributed by atoms with Crippen molar-refractivity contribution >= 4 is 23.0 Å². The molecule has 1 unspecified atom stereocenters. The molecule has 1 heterocycles. The molecule has 19 heavy (non-hydrogen) atoms. The fourth-order valence-electron chi connectivity index (χ4n) is 1.75. The largest absolute Gasteiger partial charge is 0.384 e. The number of nitro benzene ring substituents is 1. The van der Waals surface area contributed by atoms with Crippen molar-refractivity contribution in [3.63, 3.8) is 0 Å². The number of nitrogens with one attached hydrogen (secondary N) is 2. The molecule has 96 valence electrons. The molecule has 0 aromatic heterocycles. The van der Waals surface area contributed by atoms with Crippen molar-refractivity contribution in [3.05, 3.63) is 51.3 Å². The lowest BCUT2D eigenvalue weighted by molar-refractivity contribution is -0.384. The minimum atomic E-state index is -0.500. The van der Waals surface area contributed by atoms with Crippen LogP contribution in [-0.4, -0.2) is 10.0 Å². The minimum Gasteiger partial charge on any atom is -0.384 e. The SMILES string of the molecule is N#CC1=C(N)NC(=S)NC1c1ccc([N+](=O)[O-])cc1. The second-order valence-corrected chi connectivity index (χ2v) is 4.23. The maximum absolute atomic E-state index is 10.6. The van der Waals surface area contributed by atoms with E-state index >= 15 is 0 Å². The van der Waals surface area contributed by atoms with Gasteiger partial charge >= 0.3 is 0 Å². The molecule has 4 N–H and O–H groups in total. The van der Waals surface area contributed by atoms with E-state index in [0.29, 0.717) is 16.2 Å². The van der Waals surface area contributed by atoms with Gasteiger partial charge in [0.15, 0.2) is 5.11 Å². The van der Waals surface area contributed by atoms with Gasteiger partial charge in [-0.2, -0.15) is 5.26 Å². The second-order valence-electron chi connectivity index (χ2n) is 3.82. The van der Waals surface area contributed by atoms with Gasteiger partial charge < -0.3 is 16.4 Å². The molecule has 1 atom stereocenters. The highest BCUT2D eigenvalue weighted by atomic mass is 32.1. The van der Waals surface area contributed by atoms with Crippen LogP contribution >= 0.6 is 12.2 Å². The summed E-state index contributed by atoms with van der Waals surface area (Å²) in [4.78, 5) is 10.1. The molecule has 0 fully saturated rings. The van der Waals surface area contributed by atoms with E-state index in [2.05, 4.69) is 10.6 Å². The number of hydrogen-bond acceptors (Lipinski definition) is 5. The number of hydrogen-bond donors (Lipinski definition) is 3. The standard InChI is InChI=1S/C11H9N5O2S/c12-5-8-9(14-11(19)15-10(8)13)6-1-3-7(4-2-6)16(17)18/h1-4,9H,13H2,(H2,14,15,19). The molecule has 7 nitrogen and oxygen atoms in total. The first kappa shape index (κ1) is 12.8. The van der Waals surface area contributed by atoms with Crippen LogP contribution in [0.25, 0.3) is 0 Å². The van der Waals surface area contributed by atoms with Crippen LogP contribution in [0.2, 0.25) is 0 Å². The predicted molar refractivity (Wildman–Crippen MR) is 71.5 cm³/mol. The maximum Gasteiger partial charge on any atom is 0.269 e. The van der Waals surface area contributed by atoms with E-state index in [4.69, 9.17) is 23.2 Å². The van der Waals surface area contributed by atoms with Crippen LogP contribution in [0.5, 0.6) is 0 Å². The summed E-state index contributed by atoms with van der Waals surface area (Å²) >= 11 is 4.97. The average molecular weight is 275 g/mol. The first-order valence-electron chi connectivity index (χ1n) is 5.24. The van der Waals surface area contributed by atoms with Crippen LogP contribution in [0.4, 0.5) is 5.69 Å². The third-order valence-electron chi connectivity index (χ3n) is 2.66. The Balaban J connectivity index is 2.40. The third kappa shape index (κ3) is 2.46. The van der Waals surface area contributed by atoms with Crippen molar-refractivity contribution in [2.45, 2.75) is 6.04 Å². The van der Waals surface area contributed by atoms with Crippen LogP contribution in [0.1, 0.15) is 11.6 Å². The Morgan fingerprint density at radius 1 is 1.42 bits per heavy atom. The lowest BCUT2D eigenvalue weighted by Crippen LogP contribution is -2.45. The molecule has 0 saturated carbocycles. The molecular formula is C11H9N5O2S. The van der Waals surface area contributed by atoms with Crippen molar-refractivity contribution < 1.29 is 4.92 Å². The molecule has 1 aliphatic heterocycles. The number of rotatable bonds is 2. The van der Waals surface area contributed by atoms with Gasteiger partial charge in [-0.25, -0.2) is 0 Å². The summed E-state index contributed by atoms with van der Waals surface area (Å²) in [6, 6.07) is 7.36. The highest BCUT2D eigenvalue weighted by Gasteiger charge is 2.25. The number of benzene rings is 1.